The van der Waals surface area contributed by atoms with E-state index in [-0.39, 0.29) is 0 Å². The van der Waals surface area contributed by atoms with Crippen molar-refractivity contribution in [3.8, 4) is 0 Å². The van der Waals surface area contributed by atoms with E-state index in [0.717, 1.165) is 22.1 Å². The van der Waals surface area contributed by atoms with Gasteiger partial charge in [-0.05, 0) is 36.2 Å². The maximum absolute atomic E-state index is 4.16. The Morgan fingerprint density at radius 3 is 2.90 bits per heavy atom. The smallest absolute Gasteiger partial charge is 0.0423 e. The monoisotopic (exact) mass is 326 g/mol. The average molecular weight is 327 g/mol. The Hall–Kier alpha value is -1.87. The van der Waals surface area contributed by atoms with E-state index in [9.17, 15) is 0 Å². The molecule has 0 aliphatic rings. The summed E-state index contributed by atoms with van der Waals surface area (Å²) in [5, 5.41) is 5.87. The van der Waals surface area contributed by atoms with Crippen LogP contribution in [0.5, 0.6) is 0 Å². The first-order chi connectivity index (χ1) is 9.74. The summed E-state index contributed by atoms with van der Waals surface area (Å²) < 4.78 is 1.15. The number of halogens is 1. The van der Waals surface area contributed by atoms with E-state index in [0.29, 0.717) is 0 Å². The summed E-state index contributed by atoms with van der Waals surface area (Å²) in [6.07, 6.45) is 3.72. The number of pyridine rings is 1. The average Bonchev–Trinajstić information content (AvgIpc) is 2.48. The molecular formula is C17H15BrN2. The van der Waals surface area contributed by atoms with E-state index in [1.807, 2.05) is 18.5 Å². The van der Waals surface area contributed by atoms with Gasteiger partial charge in [-0.2, -0.15) is 0 Å². The molecular weight excluding hydrogens is 312 g/mol. The lowest BCUT2D eigenvalue weighted by Crippen LogP contribution is -2.00. The fourth-order valence-corrected chi connectivity index (χ4v) is 2.54. The molecule has 0 aliphatic heterocycles. The van der Waals surface area contributed by atoms with Gasteiger partial charge in [-0.15, -0.1) is 0 Å². The Labute approximate surface area is 127 Å². The minimum atomic E-state index is 0.815. The summed E-state index contributed by atoms with van der Waals surface area (Å²) in [5.41, 5.74) is 3.67. The zero-order valence-corrected chi connectivity index (χ0v) is 12.8. The first-order valence-corrected chi connectivity index (χ1v) is 7.35. The second kappa shape index (κ2) is 5.63. The first-order valence-electron chi connectivity index (χ1n) is 6.56. The summed E-state index contributed by atoms with van der Waals surface area (Å²) in [7, 11) is 0. The molecule has 0 fully saturated rings. The first kappa shape index (κ1) is 13.1. The zero-order chi connectivity index (χ0) is 13.9. The minimum absolute atomic E-state index is 0.815. The SMILES string of the molecule is Cc1cc(CNc2cccc3cnccc23)ccc1Br. The second-order valence-electron chi connectivity index (χ2n) is 4.84. The number of aromatic nitrogens is 1. The molecule has 0 atom stereocenters. The zero-order valence-electron chi connectivity index (χ0n) is 11.2. The molecule has 2 nitrogen and oxygen atoms in total. The van der Waals surface area contributed by atoms with Crippen LogP contribution in [0.4, 0.5) is 5.69 Å². The van der Waals surface area contributed by atoms with Crippen LogP contribution in [0.1, 0.15) is 11.1 Å². The number of anilines is 1. The van der Waals surface area contributed by atoms with Crippen molar-refractivity contribution in [2.75, 3.05) is 5.32 Å². The van der Waals surface area contributed by atoms with E-state index in [4.69, 9.17) is 0 Å². The Morgan fingerprint density at radius 1 is 1.15 bits per heavy atom. The van der Waals surface area contributed by atoms with Crippen molar-refractivity contribution in [2.24, 2.45) is 0 Å². The van der Waals surface area contributed by atoms with E-state index >= 15 is 0 Å². The Morgan fingerprint density at radius 2 is 2.05 bits per heavy atom. The van der Waals surface area contributed by atoms with E-state index in [1.54, 1.807) is 0 Å². The molecule has 3 rings (SSSR count). The molecule has 0 saturated carbocycles. The second-order valence-corrected chi connectivity index (χ2v) is 5.69. The Bertz CT molecular complexity index is 748. The molecule has 0 radical (unpaired) electrons. The van der Waals surface area contributed by atoms with E-state index in [1.165, 1.54) is 16.5 Å². The third kappa shape index (κ3) is 2.68. The van der Waals surface area contributed by atoms with Crippen molar-refractivity contribution in [3.05, 3.63) is 70.5 Å². The van der Waals surface area contributed by atoms with Gasteiger partial charge < -0.3 is 5.32 Å². The lowest BCUT2D eigenvalue weighted by Gasteiger charge is -2.10. The summed E-state index contributed by atoms with van der Waals surface area (Å²) in [6, 6.07) is 14.7. The molecule has 20 heavy (non-hydrogen) atoms. The molecule has 0 spiro atoms. The highest BCUT2D eigenvalue weighted by Gasteiger charge is 2.01. The molecule has 1 aromatic heterocycles. The van der Waals surface area contributed by atoms with Crippen molar-refractivity contribution in [1.82, 2.24) is 4.98 Å². The van der Waals surface area contributed by atoms with Crippen molar-refractivity contribution in [3.63, 3.8) is 0 Å². The van der Waals surface area contributed by atoms with Gasteiger partial charge in [-0.1, -0.05) is 40.2 Å². The standard InChI is InChI=1S/C17H15BrN2/c1-12-9-13(5-6-16(12)18)10-20-17-4-2-3-14-11-19-8-7-15(14)17/h2-9,11,20H,10H2,1H3. The van der Waals surface area contributed by atoms with Crippen LogP contribution in [0.2, 0.25) is 0 Å². The van der Waals surface area contributed by atoms with Crippen molar-refractivity contribution >= 4 is 32.4 Å². The summed E-state index contributed by atoms with van der Waals surface area (Å²) in [5.74, 6) is 0. The van der Waals surface area contributed by atoms with Crippen LogP contribution < -0.4 is 5.32 Å². The maximum atomic E-state index is 4.16. The summed E-state index contributed by atoms with van der Waals surface area (Å²) in [6.45, 7) is 2.92. The number of aryl methyl sites for hydroxylation is 1. The van der Waals surface area contributed by atoms with Gasteiger partial charge >= 0.3 is 0 Å². The minimum Gasteiger partial charge on any atom is -0.380 e. The van der Waals surface area contributed by atoms with Crippen LogP contribution in [0.15, 0.2) is 59.3 Å². The number of hydrogen-bond acceptors (Lipinski definition) is 2. The van der Waals surface area contributed by atoms with Crippen LogP contribution in [-0.4, -0.2) is 4.98 Å². The van der Waals surface area contributed by atoms with Gasteiger partial charge in [0.05, 0.1) is 0 Å². The normalized spacial score (nSPS) is 10.7. The molecule has 100 valence electrons. The van der Waals surface area contributed by atoms with Crippen LogP contribution in [-0.2, 0) is 6.54 Å². The molecule has 2 aromatic carbocycles. The summed E-state index contributed by atoms with van der Waals surface area (Å²) in [4.78, 5) is 4.16. The summed E-state index contributed by atoms with van der Waals surface area (Å²) >= 11 is 3.53. The fraction of sp³-hybridized carbons (Fsp3) is 0.118. The van der Waals surface area contributed by atoms with Crippen LogP contribution in [0.3, 0.4) is 0 Å². The topological polar surface area (TPSA) is 24.9 Å². The predicted molar refractivity (Wildman–Crippen MR) is 87.9 cm³/mol. The molecule has 1 heterocycles. The number of nitrogens with zero attached hydrogens (tertiary/aromatic N) is 1. The molecule has 0 saturated heterocycles. The maximum Gasteiger partial charge on any atom is 0.0423 e. The van der Waals surface area contributed by atoms with Crippen molar-refractivity contribution in [2.45, 2.75) is 13.5 Å². The largest absolute Gasteiger partial charge is 0.380 e. The number of fused-ring (bicyclic) bond motifs is 1. The van der Waals surface area contributed by atoms with E-state index in [2.05, 4.69) is 69.6 Å². The van der Waals surface area contributed by atoms with Crippen LogP contribution in [0, 0.1) is 6.92 Å². The van der Waals surface area contributed by atoms with Gasteiger partial charge in [0, 0.05) is 39.9 Å². The van der Waals surface area contributed by atoms with Gasteiger partial charge in [0.15, 0.2) is 0 Å². The van der Waals surface area contributed by atoms with Gasteiger partial charge in [0.1, 0.15) is 0 Å². The lowest BCUT2D eigenvalue weighted by atomic mass is 10.1. The molecule has 0 bridgehead atoms. The molecule has 0 amide bonds. The van der Waals surface area contributed by atoms with Gasteiger partial charge in [0.2, 0.25) is 0 Å². The highest BCUT2D eigenvalue weighted by Crippen LogP contribution is 2.23. The predicted octanol–water partition coefficient (Wildman–Crippen LogP) is 4.92. The van der Waals surface area contributed by atoms with E-state index < -0.39 is 0 Å². The number of rotatable bonds is 3. The number of hydrogen-bond donors (Lipinski definition) is 1. The Balaban J connectivity index is 1.85. The highest BCUT2D eigenvalue weighted by molar-refractivity contribution is 9.10. The third-order valence-corrected chi connectivity index (χ3v) is 4.28. The molecule has 0 aliphatic carbocycles. The van der Waals surface area contributed by atoms with Gasteiger partial charge in [0.25, 0.3) is 0 Å². The lowest BCUT2D eigenvalue weighted by molar-refractivity contribution is 1.14. The van der Waals surface area contributed by atoms with Crippen LogP contribution in [0.25, 0.3) is 10.8 Å². The van der Waals surface area contributed by atoms with Crippen molar-refractivity contribution in [1.29, 1.82) is 0 Å². The third-order valence-electron chi connectivity index (χ3n) is 3.39. The van der Waals surface area contributed by atoms with Crippen molar-refractivity contribution < 1.29 is 0 Å². The van der Waals surface area contributed by atoms with Crippen LogP contribution >= 0.6 is 15.9 Å². The Kier molecular flexibility index (Phi) is 3.70. The molecule has 1 N–H and O–H groups in total. The quantitative estimate of drug-likeness (QED) is 0.739. The van der Waals surface area contributed by atoms with Gasteiger partial charge in [-0.25, -0.2) is 0 Å². The molecule has 0 unspecified atom stereocenters. The molecule has 3 heteroatoms. The highest BCUT2D eigenvalue weighted by atomic mass is 79.9. The number of benzene rings is 2. The number of nitrogens with one attached hydrogen (secondary N) is 1. The molecule has 3 aromatic rings. The fourth-order valence-electron chi connectivity index (χ4n) is 2.29. The van der Waals surface area contributed by atoms with Gasteiger partial charge in [-0.3, -0.25) is 4.98 Å².